The lowest BCUT2D eigenvalue weighted by Crippen LogP contribution is -2.39. The topological polar surface area (TPSA) is 54.4 Å². The lowest BCUT2D eigenvalue weighted by Gasteiger charge is -2.34. The Morgan fingerprint density at radius 2 is 1.43 bits per heavy atom. The van der Waals surface area contributed by atoms with E-state index in [2.05, 4.69) is 54.6 Å². The minimum atomic E-state index is -4.19. The fourth-order valence-electron chi connectivity index (χ4n) is 2.83. The second kappa shape index (κ2) is 5.52. The van der Waals surface area contributed by atoms with Gasteiger partial charge in [0.15, 0.2) is 0 Å². The molecule has 0 heterocycles. The van der Waals surface area contributed by atoms with Gasteiger partial charge in [-0.15, -0.1) is 0 Å². The summed E-state index contributed by atoms with van der Waals surface area (Å²) in [4.78, 5) is 0.0992. The predicted molar refractivity (Wildman–Crippen MR) is 92.2 cm³/mol. The SMILES string of the molecule is C[SiH](C)c1c(S(=O)(=O)O)ccc(C(C)(C)C)c1C(C)(C)C. The molecule has 0 aliphatic carbocycles. The minimum Gasteiger partial charge on any atom is -0.282 e. The number of rotatable bonds is 2. The highest BCUT2D eigenvalue weighted by Crippen LogP contribution is 2.34. The monoisotopic (exact) mass is 328 g/mol. The van der Waals surface area contributed by atoms with Crippen molar-refractivity contribution < 1.29 is 13.0 Å². The average Bonchev–Trinajstić information content (AvgIpc) is 2.23. The van der Waals surface area contributed by atoms with E-state index in [4.69, 9.17) is 0 Å². The summed E-state index contributed by atoms with van der Waals surface area (Å²) in [7, 11) is -5.63. The highest BCUT2D eigenvalue weighted by atomic mass is 32.2. The molecule has 0 aliphatic heterocycles. The molecule has 120 valence electrons. The van der Waals surface area contributed by atoms with Gasteiger partial charge in [-0.25, -0.2) is 0 Å². The number of hydrogen-bond donors (Lipinski definition) is 1. The Kier molecular flexibility index (Phi) is 4.84. The van der Waals surface area contributed by atoms with E-state index in [1.165, 1.54) is 5.56 Å². The highest BCUT2D eigenvalue weighted by molar-refractivity contribution is 7.86. The van der Waals surface area contributed by atoms with Gasteiger partial charge in [0.2, 0.25) is 0 Å². The Balaban J connectivity index is 3.99. The molecule has 0 atom stereocenters. The zero-order valence-corrected chi connectivity index (χ0v) is 16.4. The van der Waals surface area contributed by atoms with Gasteiger partial charge in [-0.2, -0.15) is 8.42 Å². The summed E-state index contributed by atoms with van der Waals surface area (Å²) in [6.45, 7) is 16.9. The first-order chi connectivity index (χ1) is 9.17. The zero-order chi connectivity index (χ0) is 16.8. The first-order valence-electron chi connectivity index (χ1n) is 7.32. The molecule has 1 N–H and O–H groups in total. The molecule has 0 aromatic heterocycles. The molecular weight excluding hydrogens is 300 g/mol. The smallest absolute Gasteiger partial charge is 0.282 e. The lowest BCUT2D eigenvalue weighted by atomic mass is 9.75. The van der Waals surface area contributed by atoms with Crippen molar-refractivity contribution in [1.82, 2.24) is 0 Å². The minimum absolute atomic E-state index is 0.0710. The van der Waals surface area contributed by atoms with E-state index < -0.39 is 18.9 Å². The predicted octanol–water partition coefficient (Wildman–Crippen LogP) is 3.22. The standard InChI is InChI=1S/C16H28O3SSi/c1-15(2,3)11-9-10-12(20(17,18)19)14(21(7)8)13(11)16(4,5)6/h9-10,21H,1-8H3,(H,17,18,19). The van der Waals surface area contributed by atoms with Crippen LogP contribution in [0.4, 0.5) is 0 Å². The molecular formula is C16H28O3SSi. The Morgan fingerprint density at radius 3 is 1.71 bits per heavy atom. The summed E-state index contributed by atoms with van der Waals surface area (Å²) >= 11 is 0. The number of benzene rings is 1. The quantitative estimate of drug-likeness (QED) is 0.670. The summed E-state index contributed by atoms with van der Waals surface area (Å²) in [5, 5.41) is 0.873. The van der Waals surface area contributed by atoms with Crippen LogP contribution in [-0.4, -0.2) is 21.8 Å². The molecule has 0 saturated heterocycles. The van der Waals surface area contributed by atoms with Gasteiger partial charge < -0.3 is 0 Å². The molecule has 21 heavy (non-hydrogen) atoms. The van der Waals surface area contributed by atoms with Gasteiger partial charge in [0, 0.05) is 0 Å². The van der Waals surface area contributed by atoms with Crippen molar-refractivity contribution in [3.8, 4) is 0 Å². The first kappa shape index (κ1) is 18.4. The van der Waals surface area contributed by atoms with Crippen molar-refractivity contribution >= 4 is 24.1 Å². The number of hydrogen-bond acceptors (Lipinski definition) is 2. The van der Waals surface area contributed by atoms with Gasteiger partial charge in [-0.1, -0.05) is 60.7 Å². The fraction of sp³-hybridized carbons (Fsp3) is 0.625. The first-order valence-corrected chi connectivity index (χ1v) is 11.7. The van der Waals surface area contributed by atoms with E-state index in [-0.39, 0.29) is 15.7 Å². The van der Waals surface area contributed by atoms with E-state index >= 15 is 0 Å². The van der Waals surface area contributed by atoms with Crippen LogP contribution in [0.2, 0.25) is 13.1 Å². The van der Waals surface area contributed by atoms with Crippen LogP contribution >= 0.6 is 0 Å². The summed E-state index contributed by atoms with van der Waals surface area (Å²) in [6, 6.07) is 3.44. The second-order valence-electron chi connectivity index (χ2n) is 8.03. The van der Waals surface area contributed by atoms with Crippen LogP contribution in [0.25, 0.3) is 0 Å². The van der Waals surface area contributed by atoms with Crippen molar-refractivity contribution in [2.45, 2.75) is 70.4 Å². The Bertz CT molecular complexity index is 633. The van der Waals surface area contributed by atoms with E-state index in [1.54, 1.807) is 6.07 Å². The van der Waals surface area contributed by atoms with Gasteiger partial charge in [-0.3, -0.25) is 4.55 Å². The summed E-state index contributed by atoms with van der Waals surface area (Å²) in [5.74, 6) is 0. The van der Waals surface area contributed by atoms with Crippen molar-refractivity contribution in [3.05, 3.63) is 23.3 Å². The molecule has 0 fully saturated rings. The van der Waals surface area contributed by atoms with Crippen LogP contribution in [0, 0.1) is 0 Å². The van der Waals surface area contributed by atoms with Gasteiger partial charge in [0.1, 0.15) is 0 Å². The van der Waals surface area contributed by atoms with Crippen LogP contribution in [-0.2, 0) is 20.9 Å². The molecule has 0 saturated carbocycles. The third-order valence-electron chi connectivity index (χ3n) is 3.62. The van der Waals surface area contributed by atoms with E-state index in [0.717, 1.165) is 10.8 Å². The molecule has 0 bridgehead atoms. The van der Waals surface area contributed by atoms with Gasteiger partial charge in [0.25, 0.3) is 10.1 Å². The van der Waals surface area contributed by atoms with E-state index in [1.807, 2.05) is 6.07 Å². The zero-order valence-electron chi connectivity index (χ0n) is 14.4. The highest BCUT2D eigenvalue weighted by Gasteiger charge is 2.32. The summed E-state index contributed by atoms with van der Waals surface area (Å²) < 4.78 is 33.1. The van der Waals surface area contributed by atoms with Gasteiger partial charge in [0.05, 0.1) is 13.7 Å². The second-order valence-corrected chi connectivity index (χ2v) is 12.3. The van der Waals surface area contributed by atoms with E-state index in [0.29, 0.717) is 0 Å². The molecule has 5 heteroatoms. The molecule has 1 aromatic carbocycles. The fourth-order valence-corrected chi connectivity index (χ4v) is 6.44. The Morgan fingerprint density at radius 1 is 0.952 bits per heavy atom. The van der Waals surface area contributed by atoms with Crippen LogP contribution in [0.15, 0.2) is 17.0 Å². The average molecular weight is 329 g/mol. The van der Waals surface area contributed by atoms with Crippen molar-refractivity contribution in [2.24, 2.45) is 0 Å². The van der Waals surface area contributed by atoms with Gasteiger partial charge >= 0.3 is 0 Å². The Labute approximate surface area is 131 Å². The van der Waals surface area contributed by atoms with Crippen molar-refractivity contribution in [2.75, 3.05) is 0 Å². The maximum atomic E-state index is 11.8. The Hall–Kier alpha value is -0.653. The van der Waals surface area contributed by atoms with Crippen LogP contribution < -0.4 is 5.19 Å². The van der Waals surface area contributed by atoms with E-state index in [9.17, 15) is 13.0 Å². The van der Waals surface area contributed by atoms with Crippen LogP contribution in [0.5, 0.6) is 0 Å². The third kappa shape index (κ3) is 3.96. The third-order valence-corrected chi connectivity index (χ3v) is 6.49. The maximum Gasteiger partial charge on any atom is 0.294 e. The van der Waals surface area contributed by atoms with Crippen molar-refractivity contribution in [1.29, 1.82) is 0 Å². The van der Waals surface area contributed by atoms with Crippen molar-refractivity contribution in [3.63, 3.8) is 0 Å². The summed E-state index contributed by atoms with van der Waals surface area (Å²) in [6.07, 6.45) is 0. The summed E-state index contributed by atoms with van der Waals surface area (Å²) in [5.41, 5.74) is 2.01. The molecule has 0 unspecified atom stereocenters. The molecule has 3 nitrogen and oxygen atoms in total. The maximum absolute atomic E-state index is 11.8. The van der Waals surface area contributed by atoms with Crippen LogP contribution in [0.3, 0.4) is 0 Å². The molecule has 0 aliphatic rings. The normalized spacial score (nSPS) is 13.8. The molecule has 0 radical (unpaired) electrons. The van der Waals surface area contributed by atoms with Gasteiger partial charge in [-0.05, 0) is 33.2 Å². The lowest BCUT2D eigenvalue weighted by molar-refractivity contribution is 0.482. The largest absolute Gasteiger partial charge is 0.294 e. The van der Waals surface area contributed by atoms with Crippen LogP contribution in [0.1, 0.15) is 52.7 Å². The molecule has 0 spiro atoms. The molecule has 1 aromatic rings. The molecule has 1 rings (SSSR count). The molecule has 0 amide bonds.